The predicted molar refractivity (Wildman–Crippen MR) is 123 cm³/mol. The largest absolute Gasteiger partial charge is 0.530 e. The number of para-hydroxylation sites is 1. The van der Waals surface area contributed by atoms with Crippen molar-refractivity contribution < 1.29 is 37.3 Å². The summed E-state index contributed by atoms with van der Waals surface area (Å²) in [6, 6.07) is 8.36. The Kier molecular flexibility index (Phi) is 10.1. The van der Waals surface area contributed by atoms with Crippen LogP contribution in [0.15, 0.2) is 30.3 Å². The monoisotopic (exact) mass is 500 g/mol. The zero-order chi connectivity index (χ0) is 24.5. The summed E-state index contributed by atoms with van der Waals surface area (Å²) in [5.41, 5.74) is -0.774. The molecule has 1 unspecified atom stereocenters. The first kappa shape index (κ1) is 27.0. The molecule has 0 bridgehead atoms. The van der Waals surface area contributed by atoms with Gasteiger partial charge in [-0.25, -0.2) is 4.57 Å². The van der Waals surface area contributed by atoms with Crippen LogP contribution in [0.25, 0.3) is 0 Å². The van der Waals surface area contributed by atoms with Crippen LogP contribution < -0.4 is 15.2 Å². The number of benzene rings is 1. The fourth-order valence-electron chi connectivity index (χ4n) is 2.77. The Bertz CT molecular complexity index is 909. The van der Waals surface area contributed by atoms with E-state index >= 15 is 0 Å². The minimum atomic E-state index is -4.00. The highest BCUT2D eigenvalue weighted by Gasteiger charge is 2.49. The van der Waals surface area contributed by atoms with E-state index in [-0.39, 0.29) is 55.1 Å². The number of hydrogen-bond donors (Lipinski definition) is 2. The first-order valence-electron chi connectivity index (χ1n) is 10.4. The van der Waals surface area contributed by atoms with Crippen LogP contribution in [-0.2, 0) is 32.8 Å². The molecule has 10 nitrogen and oxygen atoms in total. The minimum Gasteiger partial charge on any atom is -0.404 e. The molecule has 12 heteroatoms. The fraction of sp³-hybridized carbons (Fsp3) is 0.524. The van der Waals surface area contributed by atoms with Crippen LogP contribution >= 0.6 is 19.6 Å². The van der Waals surface area contributed by atoms with Gasteiger partial charge in [0, 0.05) is 30.7 Å². The van der Waals surface area contributed by atoms with Crippen LogP contribution in [0.4, 0.5) is 0 Å². The quantitative estimate of drug-likeness (QED) is 0.267. The minimum absolute atomic E-state index is 0.0135. The molecule has 2 atom stereocenters. The number of carbonyl (C=O) groups is 4. The Morgan fingerprint density at radius 1 is 1.15 bits per heavy atom. The number of carbonyl (C=O) groups excluding carboxylic acids is 4. The van der Waals surface area contributed by atoms with Gasteiger partial charge in [-0.3, -0.25) is 28.2 Å². The van der Waals surface area contributed by atoms with Gasteiger partial charge in [0.2, 0.25) is 5.91 Å². The van der Waals surface area contributed by atoms with E-state index in [0.29, 0.717) is 5.75 Å². The van der Waals surface area contributed by atoms with Crippen molar-refractivity contribution in [3.63, 3.8) is 0 Å². The Morgan fingerprint density at radius 2 is 1.85 bits per heavy atom. The highest BCUT2D eigenvalue weighted by molar-refractivity contribution is 8.13. The van der Waals surface area contributed by atoms with Gasteiger partial charge in [-0.1, -0.05) is 43.8 Å². The van der Waals surface area contributed by atoms with Crippen molar-refractivity contribution in [3.05, 3.63) is 30.3 Å². The van der Waals surface area contributed by atoms with Gasteiger partial charge >= 0.3 is 7.82 Å². The van der Waals surface area contributed by atoms with Gasteiger partial charge in [-0.05, 0) is 19.1 Å². The van der Waals surface area contributed by atoms with E-state index < -0.39 is 25.2 Å². The number of thioether (sulfide) groups is 1. The number of ketones is 1. The number of nitrogens with one attached hydrogen (secondary N) is 2. The molecular weight excluding hydrogens is 471 g/mol. The summed E-state index contributed by atoms with van der Waals surface area (Å²) < 4.78 is 29.1. The second-order valence-electron chi connectivity index (χ2n) is 8.09. The van der Waals surface area contributed by atoms with E-state index in [4.69, 9.17) is 13.6 Å². The molecule has 0 spiro atoms. The van der Waals surface area contributed by atoms with Crippen LogP contribution in [-0.4, -0.2) is 54.3 Å². The molecule has 1 aliphatic rings. The van der Waals surface area contributed by atoms with E-state index in [9.17, 15) is 23.7 Å². The first-order valence-corrected chi connectivity index (χ1v) is 12.8. The summed E-state index contributed by atoms with van der Waals surface area (Å²) in [5.74, 6) is -0.395. The Balaban J connectivity index is 1.77. The van der Waals surface area contributed by atoms with Gasteiger partial charge in [0.05, 0.1) is 13.0 Å². The van der Waals surface area contributed by atoms with Crippen molar-refractivity contribution in [2.75, 3.05) is 25.4 Å². The maximum atomic E-state index is 12.9. The molecule has 0 aliphatic carbocycles. The molecule has 182 valence electrons. The molecule has 1 fully saturated rings. The van der Waals surface area contributed by atoms with E-state index in [2.05, 4.69) is 10.6 Å². The van der Waals surface area contributed by atoms with Crippen LogP contribution in [0, 0.1) is 5.41 Å². The molecular formula is C21H29N2O8PS. The zero-order valence-electron chi connectivity index (χ0n) is 18.8. The van der Waals surface area contributed by atoms with Gasteiger partial charge in [0.25, 0.3) is 5.91 Å². The van der Waals surface area contributed by atoms with Crippen molar-refractivity contribution >= 4 is 42.3 Å². The Labute approximate surface area is 197 Å². The lowest BCUT2D eigenvalue weighted by atomic mass is 9.87. The maximum absolute atomic E-state index is 12.9. The normalized spacial score (nSPS) is 21.6. The van der Waals surface area contributed by atoms with Crippen molar-refractivity contribution in [1.29, 1.82) is 0 Å². The smallest absolute Gasteiger partial charge is 0.404 e. The molecule has 1 aromatic carbocycles. The van der Waals surface area contributed by atoms with E-state index in [0.717, 1.165) is 11.8 Å². The summed E-state index contributed by atoms with van der Waals surface area (Å²) in [6.07, 6.45) is -1.22. The number of rotatable bonds is 11. The summed E-state index contributed by atoms with van der Waals surface area (Å²) in [6.45, 7) is 5.10. The third-order valence-electron chi connectivity index (χ3n) is 4.47. The number of phosphoric acid groups is 1. The second-order valence-corrected chi connectivity index (χ2v) is 10.8. The van der Waals surface area contributed by atoms with Crippen LogP contribution in [0.1, 0.15) is 33.6 Å². The zero-order valence-corrected chi connectivity index (χ0v) is 20.5. The highest BCUT2D eigenvalue weighted by Crippen LogP contribution is 2.56. The average Bonchev–Trinajstić information content (AvgIpc) is 2.73. The SMILES string of the molecule is CC(=O)CC(=O)SCCNC(=O)CCNC(=O)[C@@H]1OP(=O)(Oc2ccccc2)OCC1(C)C. The maximum Gasteiger partial charge on any atom is 0.530 e. The second kappa shape index (κ2) is 12.3. The van der Waals surface area contributed by atoms with Crippen LogP contribution in [0.3, 0.4) is 0 Å². The summed E-state index contributed by atoms with van der Waals surface area (Å²) in [7, 11) is -4.00. The molecule has 33 heavy (non-hydrogen) atoms. The number of Topliss-reactive ketones (excluding diaryl/α,β-unsaturated/α-hetero) is 1. The lowest BCUT2D eigenvalue weighted by molar-refractivity contribution is -0.140. The predicted octanol–water partition coefficient (Wildman–Crippen LogP) is 2.48. The van der Waals surface area contributed by atoms with Gasteiger partial charge < -0.3 is 15.2 Å². The summed E-state index contributed by atoms with van der Waals surface area (Å²) >= 11 is 0.983. The first-order chi connectivity index (χ1) is 15.5. The standard InChI is InChI=1S/C21H29N2O8PS/c1-15(24)13-18(26)33-12-11-22-17(25)9-10-23-20(27)19-21(2,3)14-29-32(28,31-19)30-16-7-5-4-6-8-16/h4-8,19H,9-14H2,1-3H3,(H,22,25)(H,23,27)/t19-,32?/m0/s1. The van der Waals surface area contributed by atoms with E-state index in [1.165, 1.54) is 6.92 Å². The fourth-order valence-corrected chi connectivity index (χ4v) is 5.18. The van der Waals surface area contributed by atoms with Gasteiger partial charge in [0.1, 0.15) is 11.5 Å². The Hall–Kier alpha value is -2.20. The molecule has 0 saturated carbocycles. The van der Waals surface area contributed by atoms with Crippen molar-refractivity contribution in [3.8, 4) is 5.75 Å². The third kappa shape index (κ3) is 9.29. The molecule has 1 heterocycles. The summed E-state index contributed by atoms with van der Waals surface area (Å²) in [4.78, 5) is 46.9. The van der Waals surface area contributed by atoms with Gasteiger partial charge in [-0.15, -0.1) is 0 Å². The van der Waals surface area contributed by atoms with Gasteiger partial charge in [-0.2, -0.15) is 0 Å². The molecule has 0 radical (unpaired) electrons. The van der Waals surface area contributed by atoms with Crippen LogP contribution in [0.2, 0.25) is 0 Å². The molecule has 1 aliphatic heterocycles. The molecule has 1 saturated heterocycles. The molecule has 2 rings (SSSR count). The highest BCUT2D eigenvalue weighted by atomic mass is 32.2. The molecule has 2 amide bonds. The number of hydrogen-bond acceptors (Lipinski definition) is 9. The van der Waals surface area contributed by atoms with Crippen molar-refractivity contribution in [1.82, 2.24) is 10.6 Å². The molecule has 2 N–H and O–H groups in total. The molecule has 1 aromatic rings. The number of phosphoric ester groups is 1. The van der Waals surface area contributed by atoms with Crippen LogP contribution in [0.5, 0.6) is 5.75 Å². The lowest BCUT2D eigenvalue weighted by Gasteiger charge is -2.39. The Morgan fingerprint density at radius 3 is 2.52 bits per heavy atom. The van der Waals surface area contributed by atoms with E-state index in [1.54, 1.807) is 44.2 Å². The van der Waals surface area contributed by atoms with Crippen molar-refractivity contribution in [2.45, 2.75) is 39.7 Å². The molecule has 0 aromatic heterocycles. The average molecular weight is 501 g/mol. The lowest BCUT2D eigenvalue weighted by Crippen LogP contribution is -2.50. The number of amides is 2. The van der Waals surface area contributed by atoms with Crippen molar-refractivity contribution in [2.24, 2.45) is 5.41 Å². The third-order valence-corrected chi connectivity index (χ3v) is 6.69. The van der Waals surface area contributed by atoms with Gasteiger partial charge in [0.15, 0.2) is 11.2 Å². The topological polar surface area (TPSA) is 137 Å². The summed E-state index contributed by atoms with van der Waals surface area (Å²) in [5, 5.41) is 5.02. The van der Waals surface area contributed by atoms with E-state index in [1.807, 2.05) is 0 Å².